The van der Waals surface area contributed by atoms with Gasteiger partial charge in [0.25, 0.3) is 0 Å². The molecule has 2 N–H and O–H groups in total. The van der Waals surface area contributed by atoms with Crippen LogP contribution in [0.15, 0.2) is 48.5 Å². The summed E-state index contributed by atoms with van der Waals surface area (Å²) in [6.45, 7) is 0.350. The van der Waals surface area contributed by atoms with Crippen molar-refractivity contribution in [3.63, 3.8) is 0 Å². The zero-order chi connectivity index (χ0) is 14.4. The minimum atomic E-state index is -0.918. The van der Waals surface area contributed by atoms with E-state index in [1.807, 2.05) is 30.3 Å². The van der Waals surface area contributed by atoms with Gasteiger partial charge in [0.2, 0.25) is 5.88 Å². The van der Waals surface area contributed by atoms with E-state index in [9.17, 15) is 9.90 Å². The van der Waals surface area contributed by atoms with Gasteiger partial charge in [-0.15, -0.1) is 0 Å². The van der Waals surface area contributed by atoms with E-state index in [1.54, 1.807) is 25.3 Å². The largest absolute Gasteiger partial charge is 0.481 e. The molecule has 5 nitrogen and oxygen atoms in total. The van der Waals surface area contributed by atoms with Gasteiger partial charge in [0.1, 0.15) is 6.04 Å². The summed E-state index contributed by atoms with van der Waals surface area (Å²) in [5.41, 5.74) is 1.44. The van der Waals surface area contributed by atoms with Crippen LogP contribution in [0.2, 0.25) is 0 Å². The van der Waals surface area contributed by atoms with Crippen LogP contribution in [-0.4, -0.2) is 23.2 Å². The van der Waals surface area contributed by atoms with Gasteiger partial charge in [0.05, 0.1) is 12.8 Å². The Bertz CT molecular complexity index is 572. The number of carboxylic acids is 1. The molecular formula is C15H16N2O3. The van der Waals surface area contributed by atoms with Crippen LogP contribution in [0.3, 0.4) is 0 Å². The third-order valence-corrected chi connectivity index (χ3v) is 2.86. The van der Waals surface area contributed by atoms with E-state index in [0.717, 1.165) is 5.69 Å². The summed E-state index contributed by atoms with van der Waals surface area (Å²) in [5.74, 6) is -0.407. The van der Waals surface area contributed by atoms with Gasteiger partial charge in [0, 0.05) is 12.6 Å². The number of methoxy groups -OCH3 is 1. The first-order valence-corrected chi connectivity index (χ1v) is 6.22. The highest BCUT2D eigenvalue weighted by molar-refractivity contribution is 5.75. The maximum Gasteiger partial charge on any atom is 0.325 e. The normalized spacial score (nSPS) is 11.8. The first-order chi connectivity index (χ1) is 9.70. The van der Waals surface area contributed by atoms with E-state index in [0.29, 0.717) is 18.0 Å². The van der Waals surface area contributed by atoms with Gasteiger partial charge in [-0.3, -0.25) is 10.1 Å². The second-order valence-corrected chi connectivity index (χ2v) is 4.23. The number of carbonyl (C=O) groups is 1. The molecule has 104 valence electrons. The quantitative estimate of drug-likeness (QED) is 0.841. The Morgan fingerprint density at radius 1 is 1.25 bits per heavy atom. The predicted octanol–water partition coefficient (Wildman–Crippen LogP) is 2.01. The molecule has 0 saturated carbocycles. The summed E-state index contributed by atoms with van der Waals surface area (Å²) in [6.07, 6.45) is 0. The standard InChI is InChI=1S/C15H16N2O3/c1-20-13-9-5-8-12(17-13)10-16-14(15(18)19)11-6-3-2-4-7-11/h2-9,14,16H,10H2,1H3,(H,18,19). The number of aromatic nitrogens is 1. The molecule has 1 aromatic carbocycles. The summed E-state index contributed by atoms with van der Waals surface area (Å²) < 4.78 is 5.04. The predicted molar refractivity (Wildman–Crippen MR) is 74.4 cm³/mol. The molecule has 0 amide bonds. The zero-order valence-corrected chi connectivity index (χ0v) is 11.1. The smallest absolute Gasteiger partial charge is 0.325 e. The van der Waals surface area contributed by atoms with Gasteiger partial charge in [-0.25, -0.2) is 4.98 Å². The lowest BCUT2D eigenvalue weighted by Gasteiger charge is -2.14. The average Bonchev–Trinajstić information content (AvgIpc) is 2.48. The van der Waals surface area contributed by atoms with Crippen molar-refractivity contribution in [3.05, 3.63) is 59.8 Å². The van der Waals surface area contributed by atoms with Gasteiger partial charge in [-0.05, 0) is 11.6 Å². The fraction of sp³-hybridized carbons (Fsp3) is 0.200. The van der Waals surface area contributed by atoms with Gasteiger partial charge in [-0.2, -0.15) is 0 Å². The number of pyridine rings is 1. The Labute approximate surface area is 117 Å². The number of benzene rings is 1. The van der Waals surface area contributed by atoms with Crippen molar-refractivity contribution >= 4 is 5.97 Å². The number of carboxylic acid groups (broad SMARTS) is 1. The van der Waals surface area contributed by atoms with Crippen LogP contribution in [0.5, 0.6) is 5.88 Å². The number of hydrogen-bond donors (Lipinski definition) is 2. The van der Waals surface area contributed by atoms with Crippen LogP contribution in [-0.2, 0) is 11.3 Å². The fourth-order valence-electron chi connectivity index (χ4n) is 1.87. The van der Waals surface area contributed by atoms with Crippen LogP contribution in [0.25, 0.3) is 0 Å². The van der Waals surface area contributed by atoms with Crippen molar-refractivity contribution in [2.45, 2.75) is 12.6 Å². The monoisotopic (exact) mass is 272 g/mol. The highest BCUT2D eigenvalue weighted by atomic mass is 16.5. The molecule has 0 fully saturated rings. The molecule has 0 aliphatic heterocycles. The van der Waals surface area contributed by atoms with Crippen molar-refractivity contribution in [2.75, 3.05) is 7.11 Å². The second kappa shape index (κ2) is 6.68. The molecule has 0 aliphatic rings. The molecule has 0 radical (unpaired) electrons. The number of aliphatic carboxylic acids is 1. The molecule has 5 heteroatoms. The molecule has 0 aliphatic carbocycles. The topological polar surface area (TPSA) is 71.5 Å². The molecule has 1 aromatic heterocycles. The highest BCUT2D eigenvalue weighted by Gasteiger charge is 2.18. The summed E-state index contributed by atoms with van der Waals surface area (Å²) in [7, 11) is 1.55. The molecule has 0 bridgehead atoms. The lowest BCUT2D eigenvalue weighted by molar-refractivity contribution is -0.139. The third kappa shape index (κ3) is 3.55. The minimum absolute atomic E-state index is 0.350. The Balaban J connectivity index is 2.08. The number of nitrogens with one attached hydrogen (secondary N) is 1. The zero-order valence-electron chi connectivity index (χ0n) is 11.1. The molecule has 2 rings (SSSR count). The van der Waals surface area contributed by atoms with E-state index in [4.69, 9.17) is 4.74 Å². The maximum absolute atomic E-state index is 11.3. The van der Waals surface area contributed by atoms with Gasteiger partial charge in [-0.1, -0.05) is 36.4 Å². The van der Waals surface area contributed by atoms with Crippen molar-refractivity contribution < 1.29 is 14.6 Å². The van der Waals surface area contributed by atoms with Crippen molar-refractivity contribution in [1.29, 1.82) is 0 Å². The van der Waals surface area contributed by atoms with Crippen molar-refractivity contribution in [1.82, 2.24) is 10.3 Å². The molecule has 0 saturated heterocycles. The molecule has 1 atom stereocenters. The van der Waals surface area contributed by atoms with Crippen molar-refractivity contribution in [2.24, 2.45) is 0 Å². The van der Waals surface area contributed by atoms with E-state index in [1.165, 1.54) is 0 Å². The lowest BCUT2D eigenvalue weighted by atomic mass is 10.1. The number of nitrogens with zero attached hydrogens (tertiary/aromatic N) is 1. The number of rotatable bonds is 6. The van der Waals surface area contributed by atoms with Gasteiger partial charge < -0.3 is 9.84 Å². The fourth-order valence-corrected chi connectivity index (χ4v) is 1.87. The molecular weight excluding hydrogens is 256 g/mol. The van der Waals surface area contributed by atoms with E-state index >= 15 is 0 Å². The van der Waals surface area contributed by atoms with Crippen LogP contribution >= 0.6 is 0 Å². The van der Waals surface area contributed by atoms with Gasteiger partial charge >= 0.3 is 5.97 Å². The molecule has 1 heterocycles. The minimum Gasteiger partial charge on any atom is -0.481 e. The summed E-state index contributed by atoms with van der Waals surface area (Å²) in [5, 5.41) is 12.3. The number of ether oxygens (including phenoxy) is 1. The maximum atomic E-state index is 11.3. The third-order valence-electron chi connectivity index (χ3n) is 2.86. The van der Waals surface area contributed by atoms with Crippen LogP contribution in [0.4, 0.5) is 0 Å². The van der Waals surface area contributed by atoms with Gasteiger partial charge in [0.15, 0.2) is 0 Å². The van der Waals surface area contributed by atoms with Crippen LogP contribution in [0, 0.1) is 0 Å². The van der Waals surface area contributed by atoms with Crippen molar-refractivity contribution in [3.8, 4) is 5.88 Å². The lowest BCUT2D eigenvalue weighted by Crippen LogP contribution is -2.28. The highest BCUT2D eigenvalue weighted by Crippen LogP contribution is 2.14. The Kier molecular flexibility index (Phi) is 4.68. The van der Waals surface area contributed by atoms with E-state index < -0.39 is 12.0 Å². The summed E-state index contributed by atoms with van der Waals surface area (Å²) in [6, 6.07) is 13.7. The van der Waals surface area contributed by atoms with E-state index in [2.05, 4.69) is 10.3 Å². The first-order valence-electron chi connectivity index (χ1n) is 6.22. The molecule has 2 aromatic rings. The Morgan fingerprint density at radius 3 is 2.65 bits per heavy atom. The summed E-state index contributed by atoms with van der Waals surface area (Å²) >= 11 is 0. The van der Waals surface area contributed by atoms with Crippen LogP contribution < -0.4 is 10.1 Å². The summed E-state index contributed by atoms with van der Waals surface area (Å²) in [4.78, 5) is 15.6. The molecule has 1 unspecified atom stereocenters. The van der Waals surface area contributed by atoms with E-state index in [-0.39, 0.29) is 0 Å². The number of hydrogen-bond acceptors (Lipinski definition) is 4. The Morgan fingerprint density at radius 2 is 2.00 bits per heavy atom. The molecule has 20 heavy (non-hydrogen) atoms. The SMILES string of the molecule is COc1cccc(CNC(C(=O)O)c2ccccc2)n1. The second-order valence-electron chi connectivity index (χ2n) is 4.23. The molecule has 0 spiro atoms. The van der Waals surface area contributed by atoms with Crippen LogP contribution in [0.1, 0.15) is 17.3 Å². The average molecular weight is 272 g/mol. The Hall–Kier alpha value is -2.40. The first kappa shape index (κ1) is 14.0.